The summed E-state index contributed by atoms with van der Waals surface area (Å²) in [5, 5.41) is 3.06. The molecule has 128 valence electrons. The fourth-order valence-electron chi connectivity index (χ4n) is 3.71. The number of carbonyl (C=O) groups excluding carboxylic acids is 1. The Morgan fingerprint density at radius 3 is 2.56 bits per heavy atom. The normalized spacial score (nSPS) is 15.3. The highest BCUT2D eigenvalue weighted by atomic mass is 16.5. The maximum Gasteiger partial charge on any atom is 0.270 e. The SMILES string of the molecule is COC1(CNC(=O)c2c(C)nc3ccccn23)Cc2ccccc2C1. The average molecular weight is 335 g/mol. The molecule has 0 fully saturated rings. The number of carbonyl (C=O) groups is 1. The van der Waals surface area contributed by atoms with Crippen LogP contribution in [0.4, 0.5) is 0 Å². The number of hydrogen-bond acceptors (Lipinski definition) is 3. The summed E-state index contributed by atoms with van der Waals surface area (Å²) >= 11 is 0. The molecule has 1 aliphatic rings. The molecule has 1 N–H and O–H groups in total. The molecule has 0 aliphatic heterocycles. The summed E-state index contributed by atoms with van der Waals surface area (Å²) in [5.41, 5.74) is 4.30. The fraction of sp³-hybridized carbons (Fsp3) is 0.300. The molecule has 3 aromatic rings. The third kappa shape index (κ3) is 2.70. The van der Waals surface area contributed by atoms with Crippen LogP contribution in [0.15, 0.2) is 48.7 Å². The molecule has 2 heterocycles. The Morgan fingerprint density at radius 1 is 1.20 bits per heavy atom. The summed E-state index contributed by atoms with van der Waals surface area (Å²) in [7, 11) is 1.72. The van der Waals surface area contributed by atoms with Gasteiger partial charge in [0.15, 0.2) is 0 Å². The lowest BCUT2D eigenvalue weighted by molar-refractivity contribution is 0.000123. The third-order valence-electron chi connectivity index (χ3n) is 5.07. The second kappa shape index (κ2) is 6.01. The molecule has 1 aliphatic carbocycles. The number of pyridine rings is 1. The zero-order valence-corrected chi connectivity index (χ0v) is 14.5. The molecule has 0 spiro atoms. The van der Waals surface area contributed by atoms with Gasteiger partial charge in [0.2, 0.25) is 0 Å². The number of benzene rings is 1. The van der Waals surface area contributed by atoms with Gasteiger partial charge in [-0.1, -0.05) is 30.3 Å². The summed E-state index contributed by atoms with van der Waals surface area (Å²) in [6.07, 6.45) is 3.49. The summed E-state index contributed by atoms with van der Waals surface area (Å²) in [6.45, 7) is 2.33. The Kier molecular flexibility index (Phi) is 3.81. The number of aromatic nitrogens is 2. The van der Waals surface area contributed by atoms with Crippen LogP contribution in [0.5, 0.6) is 0 Å². The van der Waals surface area contributed by atoms with Crippen LogP contribution in [0.2, 0.25) is 0 Å². The molecular weight excluding hydrogens is 314 g/mol. The topological polar surface area (TPSA) is 55.6 Å². The van der Waals surface area contributed by atoms with Crippen molar-refractivity contribution in [2.24, 2.45) is 0 Å². The van der Waals surface area contributed by atoms with E-state index in [1.807, 2.05) is 47.9 Å². The highest BCUT2D eigenvalue weighted by molar-refractivity contribution is 5.94. The molecule has 4 rings (SSSR count). The van der Waals surface area contributed by atoms with Crippen molar-refractivity contribution in [1.29, 1.82) is 0 Å². The number of imidazole rings is 1. The van der Waals surface area contributed by atoms with E-state index >= 15 is 0 Å². The van der Waals surface area contributed by atoms with E-state index in [0.717, 1.165) is 24.2 Å². The molecule has 0 radical (unpaired) electrons. The van der Waals surface area contributed by atoms with Gasteiger partial charge in [0, 0.05) is 32.7 Å². The fourth-order valence-corrected chi connectivity index (χ4v) is 3.71. The second-order valence-corrected chi connectivity index (χ2v) is 6.67. The largest absolute Gasteiger partial charge is 0.376 e. The first-order chi connectivity index (χ1) is 12.1. The third-order valence-corrected chi connectivity index (χ3v) is 5.07. The van der Waals surface area contributed by atoms with E-state index in [1.165, 1.54) is 11.1 Å². The minimum absolute atomic E-state index is 0.122. The molecule has 0 saturated heterocycles. The van der Waals surface area contributed by atoms with E-state index < -0.39 is 0 Å². The number of ether oxygens (including phenoxy) is 1. The monoisotopic (exact) mass is 335 g/mol. The van der Waals surface area contributed by atoms with Crippen LogP contribution in [-0.4, -0.2) is 34.5 Å². The second-order valence-electron chi connectivity index (χ2n) is 6.67. The maximum absolute atomic E-state index is 12.8. The van der Waals surface area contributed by atoms with E-state index in [1.54, 1.807) is 7.11 Å². The van der Waals surface area contributed by atoms with Gasteiger partial charge in [-0.25, -0.2) is 4.98 Å². The van der Waals surface area contributed by atoms with Crippen LogP contribution < -0.4 is 5.32 Å². The van der Waals surface area contributed by atoms with E-state index in [2.05, 4.69) is 22.4 Å². The number of hydrogen-bond donors (Lipinski definition) is 1. The van der Waals surface area contributed by atoms with Crippen molar-refractivity contribution >= 4 is 11.6 Å². The number of nitrogens with one attached hydrogen (secondary N) is 1. The van der Waals surface area contributed by atoms with Crippen molar-refractivity contribution in [2.45, 2.75) is 25.4 Å². The number of fused-ring (bicyclic) bond motifs is 2. The number of aryl methyl sites for hydroxylation is 1. The number of rotatable bonds is 4. The minimum Gasteiger partial charge on any atom is -0.376 e. The quantitative estimate of drug-likeness (QED) is 0.797. The van der Waals surface area contributed by atoms with Crippen molar-refractivity contribution < 1.29 is 9.53 Å². The van der Waals surface area contributed by atoms with Gasteiger partial charge in [-0.2, -0.15) is 0 Å². The molecule has 0 bridgehead atoms. The Hall–Kier alpha value is -2.66. The lowest BCUT2D eigenvalue weighted by Gasteiger charge is -2.27. The Balaban J connectivity index is 1.54. The van der Waals surface area contributed by atoms with Gasteiger partial charge >= 0.3 is 0 Å². The van der Waals surface area contributed by atoms with Crippen LogP contribution in [0, 0.1) is 6.92 Å². The van der Waals surface area contributed by atoms with E-state index in [4.69, 9.17) is 4.74 Å². The number of amides is 1. The lowest BCUT2D eigenvalue weighted by Crippen LogP contribution is -2.45. The van der Waals surface area contributed by atoms with Gasteiger partial charge in [-0.3, -0.25) is 9.20 Å². The summed E-state index contributed by atoms with van der Waals surface area (Å²) in [6, 6.07) is 14.1. The zero-order chi connectivity index (χ0) is 17.4. The smallest absolute Gasteiger partial charge is 0.270 e. The Morgan fingerprint density at radius 2 is 1.88 bits per heavy atom. The Bertz CT molecular complexity index is 920. The molecule has 2 aromatic heterocycles. The molecule has 5 heteroatoms. The molecule has 5 nitrogen and oxygen atoms in total. The van der Waals surface area contributed by atoms with E-state index in [-0.39, 0.29) is 11.5 Å². The molecule has 25 heavy (non-hydrogen) atoms. The summed E-state index contributed by atoms with van der Waals surface area (Å²) in [5.74, 6) is -0.122. The molecule has 0 unspecified atom stereocenters. The first-order valence-corrected chi connectivity index (χ1v) is 8.46. The molecule has 1 amide bonds. The van der Waals surface area contributed by atoms with Gasteiger partial charge in [0.05, 0.1) is 11.3 Å². The van der Waals surface area contributed by atoms with Crippen molar-refractivity contribution in [1.82, 2.24) is 14.7 Å². The molecule has 0 atom stereocenters. The number of nitrogens with zero attached hydrogens (tertiary/aromatic N) is 2. The van der Waals surface area contributed by atoms with Crippen molar-refractivity contribution in [2.75, 3.05) is 13.7 Å². The van der Waals surface area contributed by atoms with Gasteiger partial charge in [0.25, 0.3) is 5.91 Å². The van der Waals surface area contributed by atoms with Crippen molar-refractivity contribution in [3.63, 3.8) is 0 Å². The predicted octanol–water partition coefficient (Wildman–Crippen LogP) is 2.56. The lowest BCUT2D eigenvalue weighted by atomic mass is 10.00. The highest BCUT2D eigenvalue weighted by Crippen LogP contribution is 2.32. The van der Waals surface area contributed by atoms with Crippen molar-refractivity contribution in [3.8, 4) is 0 Å². The highest BCUT2D eigenvalue weighted by Gasteiger charge is 2.37. The van der Waals surface area contributed by atoms with Gasteiger partial charge in [-0.05, 0) is 30.2 Å². The van der Waals surface area contributed by atoms with Crippen LogP contribution in [0.25, 0.3) is 5.65 Å². The average Bonchev–Trinajstić information content (AvgIpc) is 3.16. The van der Waals surface area contributed by atoms with Crippen LogP contribution >= 0.6 is 0 Å². The molecule has 1 aromatic carbocycles. The zero-order valence-electron chi connectivity index (χ0n) is 14.5. The van der Waals surface area contributed by atoms with Crippen LogP contribution in [-0.2, 0) is 17.6 Å². The predicted molar refractivity (Wildman–Crippen MR) is 95.9 cm³/mol. The van der Waals surface area contributed by atoms with E-state index in [9.17, 15) is 4.79 Å². The van der Waals surface area contributed by atoms with E-state index in [0.29, 0.717) is 12.2 Å². The minimum atomic E-state index is -0.381. The first-order valence-electron chi connectivity index (χ1n) is 8.46. The summed E-state index contributed by atoms with van der Waals surface area (Å²) < 4.78 is 7.66. The molecular formula is C20H21N3O2. The Labute approximate surface area is 146 Å². The first kappa shape index (κ1) is 15.8. The van der Waals surface area contributed by atoms with Crippen LogP contribution in [0.1, 0.15) is 27.3 Å². The van der Waals surface area contributed by atoms with Gasteiger partial charge in [0.1, 0.15) is 11.3 Å². The summed E-state index contributed by atoms with van der Waals surface area (Å²) in [4.78, 5) is 17.3. The van der Waals surface area contributed by atoms with Gasteiger partial charge < -0.3 is 10.1 Å². The van der Waals surface area contributed by atoms with Crippen LogP contribution in [0.3, 0.4) is 0 Å². The molecule has 0 saturated carbocycles. The standard InChI is InChI=1S/C20H21N3O2/c1-14-18(23-10-6-5-9-17(23)22-14)19(24)21-13-20(25-2)11-15-7-3-4-8-16(15)12-20/h3-10H,11-13H2,1-2H3,(H,21,24). The van der Waals surface area contributed by atoms with Gasteiger partial charge in [-0.15, -0.1) is 0 Å². The van der Waals surface area contributed by atoms with Crippen molar-refractivity contribution in [3.05, 3.63) is 71.2 Å². The number of methoxy groups -OCH3 is 1. The maximum atomic E-state index is 12.8.